The van der Waals surface area contributed by atoms with Crippen LogP contribution >= 0.6 is 0 Å². The van der Waals surface area contributed by atoms with Crippen LogP contribution in [0.4, 0.5) is 5.95 Å². The third kappa shape index (κ3) is 2.10. The molecule has 0 aliphatic heterocycles. The normalized spacial score (nSPS) is 10.0. The molecule has 0 saturated carbocycles. The minimum Gasteiger partial charge on any atom is -0.357 e. The predicted molar refractivity (Wildman–Crippen MR) is 59.5 cm³/mol. The molecule has 2 aromatic heterocycles. The molecule has 15 heavy (non-hydrogen) atoms. The van der Waals surface area contributed by atoms with Gasteiger partial charge >= 0.3 is 0 Å². The Morgan fingerprint density at radius 2 is 1.93 bits per heavy atom. The molecule has 0 aliphatic carbocycles. The number of aromatic nitrogens is 3. The van der Waals surface area contributed by atoms with Gasteiger partial charge in [-0.25, -0.2) is 9.97 Å². The summed E-state index contributed by atoms with van der Waals surface area (Å²) in [6, 6.07) is 5.83. The molecule has 0 atom stereocenters. The van der Waals surface area contributed by atoms with E-state index in [1.54, 1.807) is 19.4 Å². The van der Waals surface area contributed by atoms with E-state index in [0.29, 0.717) is 5.95 Å². The molecular weight excluding hydrogens is 188 g/mol. The van der Waals surface area contributed by atoms with E-state index in [1.165, 1.54) is 0 Å². The Balaban J connectivity index is 2.44. The number of nitrogens with one attached hydrogen (secondary N) is 1. The van der Waals surface area contributed by atoms with Crippen LogP contribution in [0.2, 0.25) is 0 Å². The van der Waals surface area contributed by atoms with Crippen molar-refractivity contribution in [3.8, 4) is 11.3 Å². The summed E-state index contributed by atoms with van der Waals surface area (Å²) in [4.78, 5) is 12.6. The van der Waals surface area contributed by atoms with E-state index in [2.05, 4.69) is 20.3 Å². The van der Waals surface area contributed by atoms with Crippen LogP contribution in [0.25, 0.3) is 11.3 Å². The van der Waals surface area contributed by atoms with Gasteiger partial charge in [-0.15, -0.1) is 0 Å². The van der Waals surface area contributed by atoms with Gasteiger partial charge in [-0.2, -0.15) is 0 Å². The van der Waals surface area contributed by atoms with Gasteiger partial charge in [0.25, 0.3) is 0 Å². The second-order valence-electron chi connectivity index (χ2n) is 3.20. The minimum absolute atomic E-state index is 0.627. The Hall–Kier alpha value is -1.97. The molecule has 1 N–H and O–H groups in total. The first-order valence-corrected chi connectivity index (χ1v) is 4.73. The zero-order valence-corrected chi connectivity index (χ0v) is 8.73. The third-order valence-corrected chi connectivity index (χ3v) is 2.07. The summed E-state index contributed by atoms with van der Waals surface area (Å²) >= 11 is 0. The second-order valence-corrected chi connectivity index (χ2v) is 3.20. The third-order valence-electron chi connectivity index (χ3n) is 2.07. The second kappa shape index (κ2) is 4.04. The SMILES string of the molecule is CNc1nccc(-c2ccnc(C)c2)n1. The Morgan fingerprint density at radius 1 is 1.13 bits per heavy atom. The van der Waals surface area contributed by atoms with E-state index in [0.717, 1.165) is 17.0 Å². The van der Waals surface area contributed by atoms with Gasteiger partial charge in [0.1, 0.15) is 0 Å². The summed E-state index contributed by atoms with van der Waals surface area (Å²) in [6.45, 7) is 1.96. The summed E-state index contributed by atoms with van der Waals surface area (Å²) in [5, 5.41) is 2.91. The summed E-state index contributed by atoms with van der Waals surface area (Å²) in [6.07, 6.45) is 3.52. The monoisotopic (exact) mass is 200 g/mol. The van der Waals surface area contributed by atoms with E-state index in [-0.39, 0.29) is 0 Å². The van der Waals surface area contributed by atoms with Crippen LogP contribution in [0.3, 0.4) is 0 Å². The first-order chi connectivity index (χ1) is 7.29. The van der Waals surface area contributed by atoms with Crippen molar-refractivity contribution in [2.24, 2.45) is 0 Å². The lowest BCUT2D eigenvalue weighted by molar-refractivity contribution is 1.14. The molecule has 2 aromatic rings. The van der Waals surface area contributed by atoms with Crippen LogP contribution in [0.15, 0.2) is 30.6 Å². The van der Waals surface area contributed by atoms with E-state index in [9.17, 15) is 0 Å². The van der Waals surface area contributed by atoms with Crippen molar-refractivity contribution >= 4 is 5.95 Å². The number of aryl methyl sites for hydroxylation is 1. The van der Waals surface area contributed by atoms with Gasteiger partial charge in [0.15, 0.2) is 0 Å². The Bertz CT molecular complexity index is 468. The number of rotatable bonds is 2. The maximum atomic E-state index is 4.35. The smallest absolute Gasteiger partial charge is 0.222 e. The van der Waals surface area contributed by atoms with E-state index in [1.807, 2.05) is 25.1 Å². The molecule has 0 spiro atoms. The molecule has 2 heterocycles. The highest BCUT2D eigenvalue weighted by molar-refractivity contribution is 5.59. The molecule has 0 amide bonds. The van der Waals surface area contributed by atoms with Gasteiger partial charge < -0.3 is 5.32 Å². The lowest BCUT2D eigenvalue weighted by atomic mass is 10.2. The first kappa shape index (κ1) is 9.58. The lowest BCUT2D eigenvalue weighted by Crippen LogP contribution is -1.96. The van der Waals surface area contributed by atoms with Crippen molar-refractivity contribution in [3.63, 3.8) is 0 Å². The van der Waals surface area contributed by atoms with E-state index < -0.39 is 0 Å². The molecule has 0 unspecified atom stereocenters. The maximum absolute atomic E-state index is 4.35. The Kier molecular flexibility index (Phi) is 2.58. The van der Waals surface area contributed by atoms with Crippen molar-refractivity contribution < 1.29 is 0 Å². The number of hydrogen-bond acceptors (Lipinski definition) is 4. The van der Waals surface area contributed by atoms with E-state index >= 15 is 0 Å². The molecule has 0 saturated heterocycles. The fourth-order valence-electron chi connectivity index (χ4n) is 1.34. The average Bonchev–Trinajstić information content (AvgIpc) is 2.29. The van der Waals surface area contributed by atoms with E-state index in [4.69, 9.17) is 0 Å². The number of pyridine rings is 1. The fourth-order valence-corrected chi connectivity index (χ4v) is 1.34. The summed E-state index contributed by atoms with van der Waals surface area (Å²) < 4.78 is 0. The van der Waals surface area contributed by atoms with Gasteiger partial charge in [0.05, 0.1) is 5.69 Å². The molecule has 4 heteroatoms. The number of nitrogens with zero attached hydrogens (tertiary/aromatic N) is 3. The first-order valence-electron chi connectivity index (χ1n) is 4.73. The number of hydrogen-bond donors (Lipinski definition) is 1. The van der Waals surface area contributed by atoms with Crippen LogP contribution in [0, 0.1) is 6.92 Å². The molecule has 0 aliphatic rings. The van der Waals surface area contributed by atoms with Crippen molar-refractivity contribution in [2.75, 3.05) is 12.4 Å². The van der Waals surface area contributed by atoms with Gasteiger partial charge in [0.2, 0.25) is 5.95 Å². The van der Waals surface area contributed by atoms with Crippen LogP contribution in [0.5, 0.6) is 0 Å². The average molecular weight is 200 g/mol. The van der Waals surface area contributed by atoms with Crippen LogP contribution in [-0.2, 0) is 0 Å². The number of anilines is 1. The van der Waals surface area contributed by atoms with Crippen molar-refractivity contribution in [1.82, 2.24) is 15.0 Å². The van der Waals surface area contributed by atoms with Crippen molar-refractivity contribution in [3.05, 3.63) is 36.3 Å². The topological polar surface area (TPSA) is 50.7 Å². The Labute approximate surface area is 88.4 Å². The highest BCUT2D eigenvalue weighted by Crippen LogP contribution is 2.17. The van der Waals surface area contributed by atoms with Gasteiger partial charge in [-0.1, -0.05) is 0 Å². The molecular formula is C11H12N4. The van der Waals surface area contributed by atoms with Crippen LogP contribution in [-0.4, -0.2) is 22.0 Å². The molecule has 4 nitrogen and oxygen atoms in total. The maximum Gasteiger partial charge on any atom is 0.222 e. The largest absolute Gasteiger partial charge is 0.357 e. The zero-order chi connectivity index (χ0) is 10.7. The van der Waals surface area contributed by atoms with Crippen LogP contribution < -0.4 is 5.32 Å². The summed E-state index contributed by atoms with van der Waals surface area (Å²) in [7, 11) is 1.80. The summed E-state index contributed by atoms with van der Waals surface area (Å²) in [5.41, 5.74) is 2.94. The van der Waals surface area contributed by atoms with Crippen molar-refractivity contribution in [1.29, 1.82) is 0 Å². The lowest BCUT2D eigenvalue weighted by Gasteiger charge is -2.03. The highest BCUT2D eigenvalue weighted by Gasteiger charge is 2.01. The highest BCUT2D eigenvalue weighted by atomic mass is 15.1. The van der Waals surface area contributed by atoms with Crippen molar-refractivity contribution in [2.45, 2.75) is 6.92 Å². The molecule has 0 bridgehead atoms. The molecule has 0 radical (unpaired) electrons. The molecule has 76 valence electrons. The molecule has 0 aromatic carbocycles. The standard InChI is InChI=1S/C11H12N4/c1-8-7-9(3-5-13-8)10-4-6-14-11(12-2)15-10/h3-7H,1-2H3,(H,12,14,15). The zero-order valence-electron chi connectivity index (χ0n) is 8.73. The van der Waals surface area contributed by atoms with Gasteiger partial charge in [0, 0.05) is 30.7 Å². The quantitative estimate of drug-likeness (QED) is 0.804. The Morgan fingerprint density at radius 3 is 2.67 bits per heavy atom. The van der Waals surface area contributed by atoms with Gasteiger partial charge in [-0.05, 0) is 25.1 Å². The minimum atomic E-state index is 0.627. The molecule has 0 fully saturated rings. The van der Waals surface area contributed by atoms with Crippen LogP contribution in [0.1, 0.15) is 5.69 Å². The fraction of sp³-hybridized carbons (Fsp3) is 0.182. The predicted octanol–water partition coefficient (Wildman–Crippen LogP) is 1.89. The van der Waals surface area contributed by atoms with Gasteiger partial charge in [-0.3, -0.25) is 4.98 Å². The molecule has 2 rings (SSSR count). The summed E-state index contributed by atoms with van der Waals surface area (Å²) in [5.74, 6) is 0.627.